The number of aromatic nitrogens is 1. The summed E-state index contributed by atoms with van der Waals surface area (Å²) in [6.45, 7) is 9.86. The number of nitrogens with one attached hydrogen (secondary N) is 1. The van der Waals surface area contributed by atoms with Crippen LogP contribution in [0.1, 0.15) is 58.1 Å². The first kappa shape index (κ1) is 29.1. The lowest BCUT2D eigenvalue weighted by atomic mass is 9.91. The Kier molecular flexibility index (Phi) is 10.2. The van der Waals surface area contributed by atoms with Crippen LogP contribution >= 0.6 is 0 Å². The number of nitrogens with zero attached hydrogens (tertiary/aromatic N) is 2. The summed E-state index contributed by atoms with van der Waals surface area (Å²) in [6, 6.07) is 13.9. The van der Waals surface area contributed by atoms with E-state index in [4.69, 9.17) is 9.47 Å². The van der Waals surface area contributed by atoms with E-state index in [1.54, 1.807) is 19.1 Å². The smallest absolute Gasteiger partial charge is 0.242 e. The largest absolute Gasteiger partial charge is 0.493 e. The van der Waals surface area contributed by atoms with Crippen molar-refractivity contribution in [1.29, 1.82) is 0 Å². The number of carbonyl (C=O) groups is 2. The number of H-pyrrole nitrogens is 1. The Morgan fingerprint density at radius 1 is 0.921 bits per heavy atom. The fourth-order valence-corrected chi connectivity index (χ4v) is 4.55. The van der Waals surface area contributed by atoms with Crippen LogP contribution < -0.4 is 9.47 Å². The lowest BCUT2D eigenvalue weighted by Crippen LogP contribution is -2.44. The lowest BCUT2D eigenvalue weighted by molar-refractivity contribution is -0.142. The first-order chi connectivity index (χ1) is 18.1. The summed E-state index contributed by atoms with van der Waals surface area (Å²) in [5.74, 6) is 1.24. The van der Waals surface area contributed by atoms with Gasteiger partial charge in [-0.15, -0.1) is 0 Å². The predicted octanol–water partition coefficient (Wildman–Crippen LogP) is 5.82. The van der Waals surface area contributed by atoms with E-state index >= 15 is 0 Å². The number of fused-ring (bicyclic) bond motifs is 1. The van der Waals surface area contributed by atoms with Crippen LogP contribution in [-0.2, 0) is 22.6 Å². The summed E-state index contributed by atoms with van der Waals surface area (Å²) in [5, 5.41) is 1.16. The van der Waals surface area contributed by atoms with Gasteiger partial charge in [0, 0.05) is 43.2 Å². The summed E-state index contributed by atoms with van der Waals surface area (Å²) in [6.07, 6.45) is 4.96. The zero-order valence-corrected chi connectivity index (χ0v) is 23.8. The van der Waals surface area contributed by atoms with Gasteiger partial charge in [0.25, 0.3) is 0 Å². The molecule has 3 rings (SSSR count). The molecular formula is C31H43N3O4. The fourth-order valence-electron chi connectivity index (χ4n) is 4.55. The molecule has 0 saturated heterocycles. The molecular weight excluding hydrogens is 478 g/mol. The van der Waals surface area contributed by atoms with Gasteiger partial charge in [0.1, 0.15) is 0 Å². The molecule has 1 heterocycles. The van der Waals surface area contributed by atoms with Crippen molar-refractivity contribution < 1.29 is 19.1 Å². The van der Waals surface area contributed by atoms with Gasteiger partial charge < -0.3 is 24.3 Å². The first-order valence-corrected chi connectivity index (χ1v) is 13.5. The highest BCUT2D eigenvalue weighted by Crippen LogP contribution is 2.28. The molecule has 3 aromatic rings. The SMILES string of the molecule is CCCCN(CC(=O)N(CCc1c[nH]c2ccccc12)Cc1ccc(OC)c(OC)c1)C(=O)CC(C)(C)C. The third-order valence-corrected chi connectivity index (χ3v) is 6.64. The molecule has 38 heavy (non-hydrogen) atoms. The third-order valence-electron chi connectivity index (χ3n) is 6.64. The second kappa shape index (κ2) is 13.4. The quantitative estimate of drug-likeness (QED) is 0.308. The Bertz CT molecular complexity index is 1210. The molecule has 0 bridgehead atoms. The van der Waals surface area contributed by atoms with Crippen LogP contribution in [0.5, 0.6) is 11.5 Å². The molecule has 2 aromatic carbocycles. The molecule has 206 valence electrons. The zero-order valence-electron chi connectivity index (χ0n) is 23.8. The monoisotopic (exact) mass is 521 g/mol. The van der Waals surface area contributed by atoms with Crippen molar-refractivity contribution in [3.05, 3.63) is 59.8 Å². The average Bonchev–Trinajstić information content (AvgIpc) is 3.30. The Balaban J connectivity index is 1.84. The molecule has 0 unspecified atom stereocenters. The highest BCUT2D eigenvalue weighted by molar-refractivity contribution is 5.85. The van der Waals surface area contributed by atoms with E-state index in [0.717, 1.165) is 34.9 Å². The van der Waals surface area contributed by atoms with Crippen molar-refractivity contribution in [2.24, 2.45) is 5.41 Å². The maximum atomic E-state index is 13.8. The molecule has 1 aromatic heterocycles. The van der Waals surface area contributed by atoms with Crippen LogP contribution in [0.2, 0.25) is 0 Å². The van der Waals surface area contributed by atoms with Crippen molar-refractivity contribution in [3.63, 3.8) is 0 Å². The number of amides is 2. The third kappa shape index (κ3) is 8.01. The highest BCUT2D eigenvalue weighted by atomic mass is 16.5. The van der Waals surface area contributed by atoms with Gasteiger partial charge in [-0.05, 0) is 47.6 Å². The number of ether oxygens (including phenoxy) is 2. The van der Waals surface area contributed by atoms with Crippen molar-refractivity contribution in [1.82, 2.24) is 14.8 Å². The minimum Gasteiger partial charge on any atom is -0.493 e. The number of methoxy groups -OCH3 is 2. The van der Waals surface area contributed by atoms with Crippen LogP contribution in [0.25, 0.3) is 10.9 Å². The maximum absolute atomic E-state index is 13.8. The molecule has 0 aliphatic rings. The molecule has 7 heteroatoms. The van der Waals surface area contributed by atoms with Crippen molar-refractivity contribution in [2.75, 3.05) is 33.9 Å². The highest BCUT2D eigenvalue weighted by Gasteiger charge is 2.25. The van der Waals surface area contributed by atoms with E-state index < -0.39 is 0 Å². The molecule has 0 radical (unpaired) electrons. The topological polar surface area (TPSA) is 74.9 Å². The van der Waals surface area contributed by atoms with Crippen LogP contribution in [0.3, 0.4) is 0 Å². The van der Waals surface area contributed by atoms with Gasteiger partial charge in [0.05, 0.1) is 20.8 Å². The molecule has 0 aliphatic heterocycles. The Morgan fingerprint density at radius 3 is 2.34 bits per heavy atom. The molecule has 1 N–H and O–H groups in total. The second-order valence-electron chi connectivity index (χ2n) is 11.0. The van der Waals surface area contributed by atoms with Gasteiger partial charge in [-0.2, -0.15) is 0 Å². The lowest BCUT2D eigenvalue weighted by Gasteiger charge is -2.30. The van der Waals surface area contributed by atoms with Crippen LogP contribution in [-0.4, -0.2) is 60.5 Å². The minimum atomic E-state index is -0.140. The molecule has 2 amide bonds. The van der Waals surface area contributed by atoms with Gasteiger partial charge in [0.2, 0.25) is 11.8 Å². The molecule has 0 atom stereocenters. The number of carbonyl (C=O) groups excluding carboxylic acids is 2. The van der Waals surface area contributed by atoms with Crippen LogP contribution in [0.15, 0.2) is 48.7 Å². The number of benzene rings is 2. The van der Waals surface area contributed by atoms with E-state index in [1.165, 1.54) is 0 Å². The van der Waals surface area contributed by atoms with Gasteiger partial charge >= 0.3 is 0 Å². The summed E-state index contributed by atoms with van der Waals surface area (Å²) in [4.78, 5) is 33.8. The molecule has 0 fully saturated rings. The normalized spacial score (nSPS) is 11.4. The van der Waals surface area contributed by atoms with Crippen molar-refractivity contribution in [2.45, 2.75) is 59.9 Å². The van der Waals surface area contributed by atoms with E-state index in [1.807, 2.05) is 41.4 Å². The molecule has 0 spiro atoms. The number of hydrogen-bond acceptors (Lipinski definition) is 4. The molecule has 0 saturated carbocycles. The Hall–Kier alpha value is -3.48. The summed E-state index contributed by atoms with van der Waals surface area (Å²) in [7, 11) is 3.21. The summed E-state index contributed by atoms with van der Waals surface area (Å²) >= 11 is 0. The molecule has 0 aliphatic carbocycles. The average molecular weight is 522 g/mol. The predicted molar refractivity (Wildman–Crippen MR) is 153 cm³/mol. The van der Waals surface area contributed by atoms with Gasteiger partial charge in [-0.3, -0.25) is 9.59 Å². The summed E-state index contributed by atoms with van der Waals surface area (Å²) in [5.41, 5.74) is 3.05. The standard InChI is InChI=1S/C31H43N3O4/c1-7-8-16-33(29(35)19-31(2,3)4)22-30(36)34(21-23-13-14-27(37-5)28(18-23)38-6)17-15-24-20-32-26-12-10-9-11-25(24)26/h9-14,18,20,32H,7-8,15-17,19,21-22H2,1-6H3. The number of hydrogen-bond donors (Lipinski definition) is 1. The van der Waals surface area contributed by atoms with Crippen molar-refractivity contribution in [3.8, 4) is 11.5 Å². The second-order valence-corrected chi connectivity index (χ2v) is 11.0. The number of aromatic amines is 1. The van der Waals surface area contributed by atoms with Crippen LogP contribution in [0.4, 0.5) is 0 Å². The van der Waals surface area contributed by atoms with E-state index in [-0.39, 0.29) is 23.8 Å². The fraction of sp³-hybridized carbons (Fsp3) is 0.484. The Morgan fingerprint density at radius 2 is 1.66 bits per heavy atom. The first-order valence-electron chi connectivity index (χ1n) is 13.5. The van der Waals surface area contributed by atoms with E-state index in [0.29, 0.717) is 44.0 Å². The molecule has 7 nitrogen and oxygen atoms in total. The summed E-state index contributed by atoms with van der Waals surface area (Å²) < 4.78 is 10.9. The van der Waals surface area contributed by atoms with Crippen molar-refractivity contribution >= 4 is 22.7 Å². The Labute approximate surface area is 227 Å². The number of para-hydroxylation sites is 1. The zero-order chi connectivity index (χ0) is 27.7. The number of rotatable bonds is 13. The van der Waals surface area contributed by atoms with E-state index in [2.05, 4.69) is 44.8 Å². The van der Waals surface area contributed by atoms with E-state index in [9.17, 15) is 9.59 Å². The number of unbranched alkanes of at least 4 members (excludes halogenated alkanes) is 1. The minimum absolute atomic E-state index is 0.0296. The maximum Gasteiger partial charge on any atom is 0.242 e. The van der Waals surface area contributed by atoms with Gasteiger partial charge in [-0.25, -0.2) is 0 Å². The van der Waals surface area contributed by atoms with Gasteiger partial charge in [-0.1, -0.05) is 58.4 Å². The van der Waals surface area contributed by atoms with Crippen LogP contribution in [0, 0.1) is 5.41 Å². The van der Waals surface area contributed by atoms with Gasteiger partial charge in [0.15, 0.2) is 11.5 Å².